The standard InChI is InChI=1S/C15H16FNO/c1-10-6-7-13(16)8-12(10)9-18-15-5-3-4-14(17)11(15)2/h3-8H,9,17H2,1-2H3. The normalized spacial score (nSPS) is 10.4. The topological polar surface area (TPSA) is 35.2 Å². The van der Waals surface area contributed by atoms with E-state index in [1.54, 1.807) is 6.07 Å². The van der Waals surface area contributed by atoms with Crippen LogP contribution in [-0.4, -0.2) is 0 Å². The molecule has 0 unspecified atom stereocenters. The van der Waals surface area contributed by atoms with E-state index in [0.717, 1.165) is 22.4 Å². The van der Waals surface area contributed by atoms with E-state index < -0.39 is 0 Å². The summed E-state index contributed by atoms with van der Waals surface area (Å²) in [4.78, 5) is 0. The molecule has 0 aliphatic carbocycles. The van der Waals surface area contributed by atoms with E-state index in [4.69, 9.17) is 10.5 Å². The number of nitrogens with two attached hydrogens (primary N) is 1. The van der Waals surface area contributed by atoms with Crippen molar-refractivity contribution in [1.29, 1.82) is 0 Å². The fraction of sp³-hybridized carbons (Fsp3) is 0.200. The summed E-state index contributed by atoms with van der Waals surface area (Å²) < 4.78 is 18.8. The van der Waals surface area contributed by atoms with Gasteiger partial charge in [-0.1, -0.05) is 12.1 Å². The first kappa shape index (κ1) is 12.4. The smallest absolute Gasteiger partial charge is 0.124 e. The predicted molar refractivity (Wildman–Crippen MR) is 71.1 cm³/mol. The SMILES string of the molecule is Cc1ccc(F)cc1COc1cccc(N)c1C. The van der Waals surface area contributed by atoms with E-state index in [2.05, 4.69) is 0 Å². The Morgan fingerprint density at radius 1 is 1.17 bits per heavy atom. The van der Waals surface area contributed by atoms with E-state index in [1.807, 2.05) is 32.0 Å². The van der Waals surface area contributed by atoms with Gasteiger partial charge in [-0.25, -0.2) is 4.39 Å². The van der Waals surface area contributed by atoms with Crippen LogP contribution in [0.5, 0.6) is 5.75 Å². The van der Waals surface area contributed by atoms with Crippen molar-refractivity contribution in [3.8, 4) is 5.75 Å². The number of hydrogen-bond acceptors (Lipinski definition) is 2. The number of ether oxygens (including phenoxy) is 1. The molecule has 0 saturated heterocycles. The molecule has 2 aromatic carbocycles. The molecule has 2 aromatic rings. The van der Waals surface area contributed by atoms with E-state index >= 15 is 0 Å². The minimum Gasteiger partial charge on any atom is -0.489 e. The minimum atomic E-state index is -0.247. The van der Waals surface area contributed by atoms with Crippen LogP contribution in [0.3, 0.4) is 0 Å². The fourth-order valence-corrected chi connectivity index (χ4v) is 1.74. The second-order valence-electron chi connectivity index (χ2n) is 4.33. The highest BCUT2D eigenvalue weighted by Crippen LogP contribution is 2.24. The molecule has 2 nitrogen and oxygen atoms in total. The van der Waals surface area contributed by atoms with Crippen molar-refractivity contribution in [3.05, 3.63) is 58.9 Å². The summed E-state index contributed by atoms with van der Waals surface area (Å²) in [5.74, 6) is 0.488. The van der Waals surface area contributed by atoms with Gasteiger partial charge < -0.3 is 10.5 Å². The van der Waals surface area contributed by atoms with E-state index in [9.17, 15) is 4.39 Å². The molecular formula is C15H16FNO. The lowest BCUT2D eigenvalue weighted by Crippen LogP contribution is -2.01. The average Bonchev–Trinajstić information content (AvgIpc) is 2.35. The monoisotopic (exact) mass is 245 g/mol. The summed E-state index contributed by atoms with van der Waals surface area (Å²) in [6.45, 7) is 4.18. The molecule has 0 radical (unpaired) electrons. The molecule has 0 heterocycles. The third-order valence-electron chi connectivity index (χ3n) is 3.02. The molecule has 3 heteroatoms. The quantitative estimate of drug-likeness (QED) is 0.838. The Bertz CT molecular complexity index is 564. The minimum absolute atomic E-state index is 0.247. The average molecular weight is 245 g/mol. The lowest BCUT2D eigenvalue weighted by molar-refractivity contribution is 0.303. The van der Waals surface area contributed by atoms with Crippen molar-refractivity contribution >= 4 is 5.69 Å². The maximum absolute atomic E-state index is 13.1. The molecule has 0 spiro atoms. The Balaban J connectivity index is 2.16. The van der Waals surface area contributed by atoms with Gasteiger partial charge in [0.2, 0.25) is 0 Å². The van der Waals surface area contributed by atoms with Crippen LogP contribution >= 0.6 is 0 Å². The first-order valence-electron chi connectivity index (χ1n) is 5.81. The van der Waals surface area contributed by atoms with Gasteiger partial charge in [0.1, 0.15) is 18.2 Å². The van der Waals surface area contributed by atoms with Gasteiger partial charge in [-0.3, -0.25) is 0 Å². The van der Waals surface area contributed by atoms with Crippen LogP contribution in [0, 0.1) is 19.7 Å². The molecule has 0 aliphatic heterocycles. The van der Waals surface area contributed by atoms with Gasteiger partial charge in [0.25, 0.3) is 0 Å². The number of rotatable bonds is 3. The van der Waals surface area contributed by atoms with Crippen LogP contribution in [0.4, 0.5) is 10.1 Å². The summed E-state index contributed by atoms with van der Waals surface area (Å²) in [7, 11) is 0. The number of aryl methyl sites for hydroxylation is 1. The molecule has 0 bridgehead atoms. The predicted octanol–water partition coefficient (Wildman–Crippen LogP) is 3.60. The number of hydrogen-bond donors (Lipinski definition) is 1. The Morgan fingerprint density at radius 2 is 1.94 bits per heavy atom. The van der Waals surface area contributed by atoms with Crippen LogP contribution < -0.4 is 10.5 Å². The van der Waals surface area contributed by atoms with Gasteiger partial charge in [-0.2, -0.15) is 0 Å². The van der Waals surface area contributed by atoms with Crippen molar-refractivity contribution in [1.82, 2.24) is 0 Å². The van der Waals surface area contributed by atoms with Gasteiger partial charge in [0.05, 0.1) is 0 Å². The van der Waals surface area contributed by atoms with E-state index in [0.29, 0.717) is 12.3 Å². The molecule has 0 aromatic heterocycles. The molecule has 2 N–H and O–H groups in total. The van der Waals surface area contributed by atoms with Gasteiger partial charge >= 0.3 is 0 Å². The summed E-state index contributed by atoms with van der Waals surface area (Å²) in [6.07, 6.45) is 0. The van der Waals surface area contributed by atoms with Gasteiger partial charge in [-0.15, -0.1) is 0 Å². The molecule has 0 atom stereocenters. The van der Waals surface area contributed by atoms with Crippen LogP contribution in [-0.2, 0) is 6.61 Å². The largest absolute Gasteiger partial charge is 0.489 e. The zero-order valence-corrected chi connectivity index (χ0v) is 10.5. The number of benzene rings is 2. The molecule has 2 rings (SSSR count). The van der Waals surface area contributed by atoms with Crippen molar-refractivity contribution in [3.63, 3.8) is 0 Å². The first-order valence-corrected chi connectivity index (χ1v) is 5.81. The molecule has 0 saturated carbocycles. The molecular weight excluding hydrogens is 229 g/mol. The maximum Gasteiger partial charge on any atom is 0.124 e. The second-order valence-corrected chi connectivity index (χ2v) is 4.33. The Hall–Kier alpha value is -2.03. The summed E-state index contributed by atoms with van der Waals surface area (Å²) in [5, 5.41) is 0. The molecule has 0 amide bonds. The van der Waals surface area contributed by atoms with Crippen LogP contribution in [0.25, 0.3) is 0 Å². The number of anilines is 1. The van der Waals surface area contributed by atoms with E-state index in [1.165, 1.54) is 12.1 Å². The van der Waals surface area contributed by atoms with Gasteiger partial charge in [0.15, 0.2) is 0 Å². The fourth-order valence-electron chi connectivity index (χ4n) is 1.74. The molecule has 94 valence electrons. The first-order chi connectivity index (χ1) is 8.58. The lowest BCUT2D eigenvalue weighted by atomic mass is 10.1. The second kappa shape index (κ2) is 5.08. The highest BCUT2D eigenvalue weighted by atomic mass is 19.1. The number of halogens is 1. The third kappa shape index (κ3) is 2.62. The zero-order chi connectivity index (χ0) is 13.1. The number of nitrogen functional groups attached to an aromatic ring is 1. The van der Waals surface area contributed by atoms with Crippen molar-refractivity contribution < 1.29 is 9.13 Å². The molecule has 18 heavy (non-hydrogen) atoms. The summed E-state index contributed by atoms with van der Waals surface area (Å²) >= 11 is 0. The summed E-state index contributed by atoms with van der Waals surface area (Å²) in [5.41, 5.74) is 9.27. The maximum atomic E-state index is 13.1. The highest BCUT2D eigenvalue weighted by molar-refractivity contribution is 5.53. The van der Waals surface area contributed by atoms with Gasteiger partial charge in [-0.05, 0) is 49.2 Å². The van der Waals surface area contributed by atoms with Crippen LogP contribution in [0.2, 0.25) is 0 Å². The molecule has 0 aliphatic rings. The van der Waals surface area contributed by atoms with Gasteiger partial charge in [0, 0.05) is 11.3 Å². The van der Waals surface area contributed by atoms with Crippen molar-refractivity contribution in [2.24, 2.45) is 0 Å². The third-order valence-corrected chi connectivity index (χ3v) is 3.02. The van der Waals surface area contributed by atoms with Crippen LogP contribution in [0.15, 0.2) is 36.4 Å². The Morgan fingerprint density at radius 3 is 2.72 bits per heavy atom. The molecule has 0 fully saturated rings. The highest BCUT2D eigenvalue weighted by Gasteiger charge is 2.05. The van der Waals surface area contributed by atoms with E-state index in [-0.39, 0.29) is 5.82 Å². The Labute approximate surface area is 106 Å². The van der Waals surface area contributed by atoms with Crippen molar-refractivity contribution in [2.75, 3.05) is 5.73 Å². The zero-order valence-electron chi connectivity index (χ0n) is 10.5. The summed E-state index contributed by atoms with van der Waals surface area (Å²) in [6, 6.07) is 10.2. The van der Waals surface area contributed by atoms with Crippen molar-refractivity contribution in [2.45, 2.75) is 20.5 Å². The van der Waals surface area contributed by atoms with Crippen LogP contribution in [0.1, 0.15) is 16.7 Å². The lowest BCUT2D eigenvalue weighted by Gasteiger charge is -2.12. The Kier molecular flexibility index (Phi) is 3.51.